The van der Waals surface area contributed by atoms with Crippen molar-refractivity contribution in [3.8, 4) is 5.75 Å². The number of amides is 1. The van der Waals surface area contributed by atoms with Gasteiger partial charge in [0.15, 0.2) is 0 Å². The van der Waals surface area contributed by atoms with Gasteiger partial charge in [-0.05, 0) is 24.1 Å². The van der Waals surface area contributed by atoms with E-state index in [0.29, 0.717) is 18.7 Å². The smallest absolute Gasteiger partial charge is 0.229 e. The van der Waals surface area contributed by atoms with Crippen LogP contribution in [0.15, 0.2) is 24.3 Å². The van der Waals surface area contributed by atoms with E-state index in [0.717, 1.165) is 5.56 Å². The number of aliphatic hydroxyl groups excluding tert-OH is 4. The van der Waals surface area contributed by atoms with Gasteiger partial charge in [-0.2, -0.15) is 0 Å². The fraction of sp³-hybridized carbons (Fsp3) is 0.611. The number of ether oxygens (including phenoxy) is 2. The Morgan fingerprint density at radius 1 is 1.15 bits per heavy atom. The second-order valence-electron chi connectivity index (χ2n) is 6.65. The van der Waals surface area contributed by atoms with Gasteiger partial charge in [-0.1, -0.05) is 26.0 Å². The summed E-state index contributed by atoms with van der Waals surface area (Å²) in [6.45, 7) is 3.69. The van der Waals surface area contributed by atoms with Crippen molar-refractivity contribution in [2.24, 2.45) is 5.92 Å². The number of carbonyl (C=O) groups excluding carboxylic acids is 1. The summed E-state index contributed by atoms with van der Waals surface area (Å²) in [5.41, 5.74) is 0.996. The highest BCUT2D eigenvalue weighted by Crippen LogP contribution is 2.24. The van der Waals surface area contributed by atoms with Crippen molar-refractivity contribution in [2.45, 2.75) is 51.0 Å². The summed E-state index contributed by atoms with van der Waals surface area (Å²) >= 11 is 0. The normalized spacial score (nSPS) is 28.8. The van der Waals surface area contributed by atoms with Crippen molar-refractivity contribution >= 4 is 5.91 Å². The lowest BCUT2D eigenvalue weighted by molar-refractivity contribution is -0.277. The van der Waals surface area contributed by atoms with Crippen molar-refractivity contribution in [3.05, 3.63) is 29.8 Å². The maximum atomic E-state index is 11.5. The highest BCUT2D eigenvalue weighted by molar-refractivity contribution is 5.77. The Morgan fingerprint density at radius 3 is 2.38 bits per heavy atom. The Labute approximate surface area is 152 Å². The molecule has 0 aliphatic carbocycles. The first-order chi connectivity index (χ1) is 12.3. The largest absolute Gasteiger partial charge is 0.462 e. The molecule has 1 aliphatic rings. The van der Waals surface area contributed by atoms with Crippen LogP contribution in [0.1, 0.15) is 19.4 Å². The summed E-state index contributed by atoms with van der Waals surface area (Å²) in [6, 6.07) is 7.00. The number of hydrogen-bond donors (Lipinski definition) is 5. The van der Waals surface area contributed by atoms with E-state index in [1.165, 1.54) is 0 Å². The molecule has 0 spiro atoms. The van der Waals surface area contributed by atoms with Crippen molar-refractivity contribution in [3.63, 3.8) is 0 Å². The molecular formula is C18H27NO7. The molecule has 1 heterocycles. The molecule has 5 atom stereocenters. The maximum Gasteiger partial charge on any atom is 0.229 e. The lowest BCUT2D eigenvalue weighted by Crippen LogP contribution is -2.60. The highest BCUT2D eigenvalue weighted by atomic mass is 16.7. The van der Waals surface area contributed by atoms with Gasteiger partial charge in [-0.15, -0.1) is 0 Å². The Balaban J connectivity index is 1.89. The second-order valence-corrected chi connectivity index (χ2v) is 6.65. The average molecular weight is 369 g/mol. The monoisotopic (exact) mass is 369 g/mol. The molecule has 1 aliphatic heterocycles. The topological polar surface area (TPSA) is 128 Å². The number of nitrogens with one attached hydrogen (secondary N) is 1. The first-order valence-electron chi connectivity index (χ1n) is 8.67. The van der Waals surface area contributed by atoms with Crippen molar-refractivity contribution in [1.82, 2.24) is 5.32 Å². The van der Waals surface area contributed by atoms with Crippen molar-refractivity contribution in [2.75, 3.05) is 13.2 Å². The lowest BCUT2D eigenvalue weighted by Gasteiger charge is -2.39. The van der Waals surface area contributed by atoms with Gasteiger partial charge in [0.25, 0.3) is 0 Å². The molecule has 1 aromatic carbocycles. The molecule has 146 valence electrons. The van der Waals surface area contributed by atoms with E-state index >= 15 is 0 Å². The molecule has 1 amide bonds. The molecule has 8 nitrogen and oxygen atoms in total. The standard InChI is InChI=1S/C18H27NO7/c1-10(2)17(24)19-8-7-11-3-5-12(6-4-11)25-18-16(23)15(22)14(21)13(9-20)26-18/h3-6,10,13-16,18,20-23H,7-9H2,1-2H3,(H,19,24)/t13?,14-,15?,16?,18-/m0/s1. The van der Waals surface area contributed by atoms with E-state index in [1.54, 1.807) is 12.1 Å². The maximum absolute atomic E-state index is 11.5. The fourth-order valence-electron chi connectivity index (χ4n) is 2.57. The Bertz CT molecular complexity index is 575. The number of aliphatic hydroxyl groups is 4. The predicted octanol–water partition coefficient (Wildman–Crippen LogP) is -0.820. The minimum atomic E-state index is -1.48. The van der Waals surface area contributed by atoms with Crippen LogP contribution < -0.4 is 10.1 Å². The van der Waals surface area contributed by atoms with Gasteiger partial charge in [0, 0.05) is 12.5 Å². The van der Waals surface area contributed by atoms with Crippen LogP contribution in [0.25, 0.3) is 0 Å². The van der Waals surface area contributed by atoms with Gasteiger partial charge in [-0.25, -0.2) is 0 Å². The minimum absolute atomic E-state index is 0.00701. The summed E-state index contributed by atoms with van der Waals surface area (Å²) < 4.78 is 10.8. The van der Waals surface area contributed by atoms with Crippen LogP contribution in [-0.4, -0.2) is 70.2 Å². The molecule has 1 aromatic rings. The third-order valence-electron chi connectivity index (χ3n) is 4.26. The number of benzene rings is 1. The zero-order valence-corrected chi connectivity index (χ0v) is 14.9. The van der Waals surface area contributed by atoms with E-state index < -0.39 is 37.3 Å². The molecule has 8 heteroatoms. The highest BCUT2D eigenvalue weighted by Gasteiger charge is 2.44. The van der Waals surface area contributed by atoms with Crippen LogP contribution in [0.4, 0.5) is 0 Å². The molecule has 0 aromatic heterocycles. The lowest BCUT2D eigenvalue weighted by atomic mass is 9.99. The summed E-state index contributed by atoms with van der Waals surface area (Å²) in [5, 5.41) is 41.5. The predicted molar refractivity (Wildman–Crippen MR) is 92.4 cm³/mol. The Hall–Kier alpha value is -1.71. The summed E-state index contributed by atoms with van der Waals surface area (Å²) in [6.07, 6.45) is -5.89. The molecule has 3 unspecified atom stereocenters. The number of carbonyl (C=O) groups is 1. The van der Waals surface area contributed by atoms with E-state index in [2.05, 4.69) is 5.32 Å². The molecule has 26 heavy (non-hydrogen) atoms. The minimum Gasteiger partial charge on any atom is -0.462 e. The van der Waals surface area contributed by atoms with Crippen LogP contribution in [0.3, 0.4) is 0 Å². The van der Waals surface area contributed by atoms with Crippen molar-refractivity contribution in [1.29, 1.82) is 0 Å². The van der Waals surface area contributed by atoms with Gasteiger partial charge in [-0.3, -0.25) is 4.79 Å². The quantitative estimate of drug-likeness (QED) is 0.425. The van der Waals surface area contributed by atoms with Crippen LogP contribution in [-0.2, 0) is 16.0 Å². The molecular weight excluding hydrogens is 342 g/mol. The molecule has 0 saturated carbocycles. The van der Waals surface area contributed by atoms with Crippen LogP contribution >= 0.6 is 0 Å². The van der Waals surface area contributed by atoms with E-state index in [1.807, 2.05) is 26.0 Å². The van der Waals surface area contributed by atoms with Gasteiger partial charge >= 0.3 is 0 Å². The second kappa shape index (κ2) is 9.29. The zero-order valence-electron chi connectivity index (χ0n) is 14.9. The SMILES string of the molecule is CC(C)C(=O)NCCc1ccc(O[C@H]2OC(CO)[C@H](O)C(O)C2O)cc1. The number of hydrogen-bond acceptors (Lipinski definition) is 7. The van der Waals surface area contributed by atoms with Crippen LogP contribution in [0.2, 0.25) is 0 Å². The average Bonchev–Trinajstić information content (AvgIpc) is 2.63. The van der Waals surface area contributed by atoms with Crippen LogP contribution in [0.5, 0.6) is 5.75 Å². The molecule has 5 N–H and O–H groups in total. The van der Waals surface area contributed by atoms with Gasteiger partial charge in [0.2, 0.25) is 12.2 Å². The number of rotatable bonds is 7. The molecule has 1 saturated heterocycles. The third kappa shape index (κ3) is 5.15. The van der Waals surface area contributed by atoms with E-state index in [9.17, 15) is 25.2 Å². The summed E-state index contributed by atoms with van der Waals surface area (Å²) in [4.78, 5) is 11.5. The molecule has 0 radical (unpaired) electrons. The zero-order chi connectivity index (χ0) is 19.3. The first kappa shape index (κ1) is 20.6. The fourth-order valence-corrected chi connectivity index (χ4v) is 2.57. The summed E-state index contributed by atoms with van der Waals surface area (Å²) in [7, 11) is 0. The van der Waals surface area contributed by atoms with E-state index in [4.69, 9.17) is 9.47 Å². The molecule has 1 fully saturated rings. The third-order valence-corrected chi connectivity index (χ3v) is 4.26. The van der Waals surface area contributed by atoms with Crippen LogP contribution in [0, 0.1) is 5.92 Å². The Kier molecular flexibility index (Phi) is 7.36. The Morgan fingerprint density at radius 2 is 1.81 bits per heavy atom. The van der Waals surface area contributed by atoms with Crippen molar-refractivity contribution < 1.29 is 34.7 Å². The summed E-state index contributed by atoms with van der Waals surface area (Å²) in [5.74, 6) is 0.362. The van der Waals surface area contributed by atoms with Gasteiger partial charge in [0.1, 0.15) is 30.2 Å². The van der Waals surface area contributed by atoms with Gasteiger partial charge < -0.3 is 35.2 Å². The van der Waals surface area contributed by atoms with E-state index in [-0.39, 0.29) is 11.8 Å². The molecule has 2 rings (SSSR count). The van der Waals surface area contributed by atoms with Gasteiger partial charge in [0.05, 0.1) is 6.61 Å². The first-order valence-corrected chi connectivity index (χ1v) is 8.67. The molecule has 0 bridgehead atoms.